The summed E-state index contributed by atoms with van der Waals surface area (Å²) in [6, 6.07) is 7.56. The third kappa shape index (κ3) is 3.35. The molecule has 0 bridgehead atoms. The van der Waals surface area contributed by atoms with Crippen molar-refractivity contribution in [3.63, 3.8) is 0 Å². The van der Waals surface area contributed by atoms with E-state index in [-0.39, 0.29) is 5.57 Å². The smallest absolute Gasteiger partial charge is 0.267 e. The predicted molar refractivity (Wildman–Crippen MR) is 67.3 cm³/mol. The molecule has 0 unspecified atom stereocenters. The Morgan fingerprint density at radius 1 is 1.41 bits per heavy atom. The van der Waals surface area contributed by atoms with Gasteiger partial charge in [0.05, 0.1) is 0 Å². The van der Waals surface area contributed by atoms with Gasteiger partial charge in [0.1, 0.15) is 11.6 Å². The molecule has 0 saturated heterocycles. The molecule has 1 rings (SSSR count). The average molecular weight is 229 g/mol. The first-order chi connectivity index (χ1) is 8.08. The highest BCUT2D eigenvalue weighted by atomic mass is 16.1. The zero-order valence-corrected chi connectivity index (χ0v) is 10.2. The van der Waals surface area contributed by atoms with Gasteiger partial charge in [0.15, 0.2) is 0 Å². The van der Waals surface area contributed by atoms with Gasteiger partial charge in [-0.05, 0) is 25.5 Å². The first kappa shape index (κ1) is 12.8. The van der Waals surface area contributed by atoms with Crippen LogP contribution in [-0.2, 0) is 4.79 Å². The monoisotopic (exact) mass is 229 g/mol. The van der Waals surface area contributed by atoms with Crippen LogP contribution < -0.4 is 10.6 Å². The van der Waals surface area contributed by atoms with Crippen LogP contribution in [0.5, 0.6) is 0 Å². The molecule has 0 fully saturated rings. The molecule has 88 valence electrons. The van der Waals surface area contributed by atoms with Crippen LogP contribution in [0.3, 0.4) is 0 Å². The van der Waals surface area contributed by atoms with E-state index in [1.165, 1.54) is 6.20 Å². The molecular weight excluding hydrogens is 214 g/mol. The summed E-state index contributed by atoms with van der Waals surface area (Å²) < 4.78 is 0. The lowest BCUT2D eigenvalue weighted by Crippen LogP contribution is -2.16. The lowest BCUT2D eigenvalue weighted by molar-refractivity contribution is -0.112. The molecule has 4 heteroatoms. The largest absolute Gasteiger partial charge is 0.393 e. The molecule has 0 heterocycles. The Kier molecular flexibility index (Phi) is 4.29. The minimum atomic E-state index is -0.409. The molecule has 0 aliphatic carbocycles. The first-order valence-corrected chi connectivity index (χ1v) is 5.24. The highest BCUT2D eigenvalue weighted by molar-refractivity contribution is 6.06. The molecule has 1 aromatic carbocycles. The van der Waals surface area contributed by atoms with E-state index >= 15 is 0 Å². The van der Waals surface area contributed by atoms with E-state index in [1.54, 1.807) is 7.05 Å². The Morgan fingerprint density at radius 3 is 2.65 bits per heavy atom. The quantitative estimate of drug-likeness (QED) is 0.614. The molecule has 0 atom stereocenters. The van der Waals surface area contributed by atoms with E-state index in [2.05, 4.69) is 10.6 Å². The topological polar surface area (TPSA) is 64.9 Å². The number of carbonyl (C=O) groups excluding carboxylic acids is 1. The lowest BCUT2D eigenvalue weighted by atomic mass is 10.1. The van der Waals surface area contributed by atoms with Crippen LogP contribution in [0, 0.1) is 25.2 Å². The minimum Gasteiger partial charge on any atom is -0.393 e. The fourth-order valence-electron chi connectivity index (χ4n) is 1.44. The van der Waals surface area contributed by atoms with Crippen LogP contribution in [0.15, 0.2) is 30.0 Å². The second-order valence-electron chi connectivity index (χ2n) is 3.73. The molecule has 0 spiro atoms. The van der Waals surface area contributed by atoms with Crippen molar-refractivity contribution in [2.75, 3.05) is 12.4 Å². The number of nitrogens with one attached hydrogen (secondary N) is 2. The zero-order chi connectivity index (χ0) is 12.8. The van der Waals surface area contributed by atoms with Gasteiger partial charge in [-0.1, -0.05) is 17.7 Å². The summed E-state index contributed by atoms with van der Waals surface area (Å²) in [7, 11) is 1.64. The van der Waals surface area contributed by atoms with Crippen LogP contribution in [0.2, 0.25) is 0 Å². The normalized spacial score (nSPS) is 10.6. The molecule has 0 saturated carbocycles. The molecule has 0 aliphatic rings. The van der Waals surface area contributed by atoms with E-state index in [0.29, 0.717) is 0 Å². The van der Waals surface area contributed by atoms with E-state index in [1.807, 2.05) is 38.1 Å². The molecule has 1 aromatic rings. The van der Waals surface area contributed by atoms with Crippen molar-refractivity contribution < 1.29 is 4.79 Å². The molecule has 0 radical (unpaired) electrons. The van der Waals surface area contributed by atoms with Gasteiger partial charge >= 0.3 is 0 Å². The third-order valence-corrected chi connectivity index (χ3v) is 2.28. The van der Waals surface area contributed by atoms with Gasteiger partial charge in [0.25, 0.3) is 5.91 Å². The predicted octanol–water partition coefficient (Wildman–Crippen LogP) is 1.87. The Morgan fingerprint density at radius 2 is 2.12 bits per heavy atom. The number of hydrogen-bond acceptors (Lipinski definition) is 3. The standard InChI is InChI=1S/C13H15N3O/c1-9-4-5-12(10(2)6-9)16-13(17)11(7-14)8-15-3/h4-6,8,15H,1-3H3,(H,16,17)/b11-8-. The number of aryl methyl sites for hydroxylation is 2. The molecule has 0 aliphatic heterocycles. The Labute approximate surface area is 101 Å². The fraction of sp³-hybridized carbons (Fsp3) is 0.231. The van der Waals surface area contributed by atoms with E-state index in [0.717, 1.165) is 16.8 Å². The molecule has 4 nitrogen and oxygen atoms in total. The minimum absolute atomic E-state index is 0.0486. The Hall–Kier alpha value is -2.28. The Bertz CT molecular complexity index is 498. The number of nitriles is 1. The number of nitrogens with zero attached hydrogens (tertiary/aromatic N) is 1. The number of carbonyl (C=O) groups is 1. The summed E-state index contributed by atoms with van der Waals surface area (Å²) in [6.07, 6.45) is 1.37. The van der Waals surface area contributed by atoms with Gasteiger partial charge < -0.3 is 10.6 Å². The second-order valence-corrected chi connectivity index (χ2v) is 3.73. The summed E-state index contributed by atoms with van der Waals surface area (Å²) in [4.78, 5) is 11.7. The zero-order valence-electron chi connectivity index (χ0n) is 10.2. The van der Waals surface area contributed by atoms with E-state index < -0.39 is 5.91 Å². The number of amides is 1. The molecular formula is C13H15N3O. The van der Waals surface area contributed by atoms with Gasteiger partial charge in [-0.15, -0.1) is 0 Å². The van der Waals surface area contributed by atoms with Crippen molar-refractivity contribution in [1.29, 1.82) is 5.26 Å². The fourth-order valence-corrected chi connectivity index (χ4v) is 1.44. The maximum atomic E-state index is 11.7. The molecule has 0 aromatic heterocycles. The third-order valence-electron chi connectivity index (χ3n) is 2.28. The van der Waals surface area contributed by atoms with Crippen LogP contribution in [-0.4, -0.2) is 13.0 Å². The maximum absolute atomic E-state index is 11.7. The summed E-state index contributed by atoms with van der Waals surface area (Å²) >= 11 is 0. The molecule has 1 amide bonds. The van der Waals surface area contributed by atoms with Crippen molar-refractivity contribution in [3.8, 4) is 6.07 Å². The second kappa shape index (κ2) is 5.71. The summed E-state index contributed by atoms with van der Waals surface area (Å²) in [5.41, 5.74) is 2.87. The van der Waals surface area contributed by atoms with Crippen molar-refractivity contribution in [1.82, 2.24) is 5.32 Å². The summed E-state index contributed by atoms with van der Waals surface area (Å²) in [5, 5.41) is 14.2. The highest BCUT2D eigenvalue weighted by Gasteiger charge is 2.09. The van der Waals surface area contributed by atoms with E-state index in [9.17, 15) is 4.79 Å². The van der Waals surface area contributed by atoms with Gasteiger partial charge in [0, 0.05) is 18.9 Å². The number of anilines is 1. The van der Waals surface area contributed by atoms with Gasteiger partial charge in [0.2, 0.25) is 0 Å². The van der Waals surface area contributed by atoms with Crippen molar-refractivity contribution in [2.45, 2.75) is 13.8 Å². The van der Waals surface area contributed by atoms with Crippen molar-refractivity contribution in [3.05, 3.63) is 41.1 Å². The lowest BCUT2D eigenvalue weighted by Gasteiger charge is -2.08. The van der Waals surface area contributed by atoms with Crippen molar-refractivity contribution >= 4 is 11.6 Å². The SMILES string of the molecule is CN/C=C(/C#N)C(=O)Nc1ccc(C)cc1C. The molecule has 2 N–H and O–H groups in total. The van der Waals surface area contributed by atoms with Crippen LogP contribution in [0.25, 0.3) is 0 Å². The van der Waals surface area contributed by atoms with Gasteiger partial charge in [-0.25, -0.2) is 0 Å². The van der Waals surface area contributed by atoms with Gasteiger partial charge in [-0.3, -0.25) is 4.79 Å². The first-order valence-electron chi connectivity index (χ1n) is 5.24. The van der Waals surface area contributed by atoms with Gasteiger partial charge in [-0.2, -0.15) is 5.26 Å². The van der Waals surface area contributed by atoms with Crippen LogP contribution in [0.1, 0.15) is 11.1 Å². The van der Waals surface area contributed by atoms with Crippen LogP contribution in [0.4, 0.5) is 5.69 Å². The molecule has 17 heavy (non-hydrogen) atoms. The average Bonchev–Trinajstić information content (AvgIpc) is 2.29. The van der Waals surface area contributed by atoms with Crippen LogP contribution >= 0.6 is 0 Å². The number of benzene rings is 1. The maximum Gasteiger partial charge on any atom is 0.267 e. The Balaban J connectivity index is 2.89. The summed E-state index contributed by atoms with van der Waals surface area (Å²) in [5.74, 6) is -0.409. The summed E-state index contributed by atoms with van der Waals surface area (Å²) in [6.45, 7) is 3.90. The van der Waals surface area contributed by atoms with Crippen molar-refractivity contribution in [2.24, 2.45) is 0 Å². The number of rotatable bonds is 3. The highest BCUT2D eigenvalue weighted by Crippen LogP contribution is 2.16. The number of hydrogen-bond donors (Lipinski definition) is 2. The van der Waals surface area contributed by atoms with E-state index in [4.69, 9.17) is 5.26 Å².